The number of ether oxygens (including phenoxy) is 1. The average Bonchev–Trinajstić information content (AvgIpc) is 3.27. The van der Waals surface area contributed by atoms with Crippen molar-refractivity contribution in [1.29, 1.82) is 0 Å². The van der Waals surface area contributed by atoms with Crippen LogP contribution in [0.2, 0.25) is 0 Å². The van der Waals surface area contributed by atoms with Crippen LogP contribution in [-0.4, -0.2) is 45.8 Å². The van der Waals surface area contributed by atoms with Crippen LogP contribution in [0.3, 0.4) is 0 Å². The predicted molar refractivity (Wildman–Crippen MR) is 123 cm³/mol. The Morgan fingerprint density at radius 2 is 2.12 bits per heavy atom. The van der Waals surface area contributed by atoms with Gasteiger partial charge in [0.15, 0.2) is 5.65 Å². The molecule has 32 heavy (non-hydrogen) atoms. The number of hydrogen-bond donors (Lipinski definition) is 3. The number of aromatic amines is 1. The van der Waals surface area contributed by atoms with E-state index in [0.29, 0.717) is 18.0 Å². The molecule has 0 saturated heterocycles. The summed E-state index contributed by atoms with van der Waals surface area (Å²) >= 11 is 0. The van der Waals surface area contributed by atoms with Gasteiger partial charge in [-0.2, -0.15) is 15.1 Å². The van der Waals surface area contributed by atoms with E-state index >= 15 is 0 Å². The molecule has 9 nitrogen and oxygen atoms in total. The van der Waals surface area contributed by atoms with E-state index in [4.69, 9.17) is 10.5 Å². The van der Waals surface area contributed by atoms with Crippen molar-refractivity contribution in [3.8, 4) is 5.75 Å². The molecule has 3 heterocycles. The molecule has 4 aromatic rings. The number of carbonyl (C=O) groups is 1. The monoisotopic (exact) mass is 429 g/mol. The Morgan fingerprint density at radius 1 is 1.25 bits per heavy atom. The number of nitrogen functional groups attached to an aromatic ring is 1. The standard InChI is InChI=1S/C23H23N7O2/c1-32-17-7-4-5-14(9-17)10-20(31)30-13-16(11-15-6-2-3-8-19(15)30)26-21-18-12-25-29-22(18)28-23(24)27-21/h2-9,12,16H,10-11,13H2,1H3,(H4,24,25,26,27,28,29). The first-order chi connectivity index (χ1) is 15.6. The predicted octanol–water partition coefficient (Wildman–Crippen LogP) is 2.56. The minimum absolute atomic E-state index is 0.0212. The molecule has 2 aromatic heterocycles. The normalized spacial score (nSPS) is 15.4. The molecule has 4 N–H and O–H groups in total. The summed E-state index contributed by atoms with van der Waals surface area (Å²) < 4.78 is 5.29. The average molecular weight is 429 g/mol. The number of fused-ring (bicyclic) bond motifs is 2. The van der Waals surface area contributed by atoms with Crippen LogP contribution in [0, 0.1) is 0 Å². The van der Waals surface area contributed by atoms with Crippen molar-refractivity contribution >= 4 is 34.4 Å². The maximum Gasteiger partial charge on any atom is 0.231 e. The molecule has 1 atom stereocenters. The molecule has 5 rings (SSSR count). The zero-order valence-electron chi connectivity index (χ0n) is 17.6. The molecule has 0 aliphatic carbocycles. The van der Waals surface area contributed by atoms with Gasteiger partial charge in [-0.25, -0.2) is 0 Å². The molecular formula is C23H23N7O2. The van der Waals surface area contributed by atoms with Gasteiger partial charge in [0, 0.05) is 18.3 Å². The van der Waals surface area contributed by atoms with Gasteiger partial charge in [0.25, 0.3) is 0 Å². The van der Waals surface area contributed by atoms with Gasteiger partial charge in [0.2, 0.25) is 11.9 Å². The lowest BCUT2D eigenvalue weighted by atomic mass is 9.97. The first-order valence-electron chi connectivity index (χ1n) is 10.3. The first-order valence-corrected chi connectivity index (χ1v) is 10.3. The topological polar surface area (TPSA) is 122 Å². The summed E-state index contributed by atoms with van der Waals surface area (Å²) in [5.41, 5.74) is 9.38. The van der Waals surface area contributed by atoms with Gasteiger partial charge in [0.1, 0.15) is 11.6 Å². The zero-order chi connectivity index (χ0) is 22.1. The Kier molecular flexibility index (Phi) is 5.06. The van der Waals surface area contributed by atoms with Crippen LogP contribution < -0.4 is 20.7 Å². The number of H-pyrrole nitrogens is 1. The fourth-order valence-electron chi connectivity index (χ4n) is 4.14. The summed E-state index contributed by atoms with van der Waals surface area (Å²) in [6.45, 7) is 0.503. The van der Waals surface area contributed by atoms with Crippen LogP contribution in [0.25, 0.3) is 11.0 Å². The van der Waals surface area contributed by atoms with E-state index in [0.717, 1.165) is 34.4 Å². The summed E-state index contributed by atoms with van der Waals surface area (Å²) in [5.74, 6) is 1.52. The number of carbonyl (C=O) groups excluding carboxylic acids is 1. The lowest BCUT2D eigenvalue weighted by Crippen LogP contribution is -2.46. The number of para-hydroxylation sites is 1. The highest BCUT2D eigenvalue weighted by atomic mass is 16.5. The summed E-state index contributed by atoms with van der Waals surface area (Å²) in [5, 5.41) is 11.1. The number of anilines is 3. The minimum Gasteiger partial charge on any atom is -0.497 e. The summed E-state index contributed by atoms with van der Waals surface area (Å²) in [6, 6.07) is 15.5. The summed E-state index contributed by atoms with van der Waals surface area (Å²) in [7, 11) is 1.62. The minimum atomic E-state index is -0.0495. The molecule has 9 heteroatoms. The SMILES string of the molecule is COc1cccc(CC(=O)N2CC(Nc3nc(N)nc4[nH]ncc34)Cc3ccccc32)c1. The van der Waals surface area contributed by atoms with Crippen molar-refractivity contribution in [2.24, 2.45) is 0 Å². The number of methoxy groups -OCH3 is 1. The van der Waals surface area contributed by atoms with E-state index in [-0.39, 0.29) is 24.3 Å². The highest BCUT2D eigenvalue weighted by Crippen LogP contribution is 2.30. The van der Waals surface area contributed by atoms with Crippen molar-refractivity contribution in [3.63, 3.8) is 0 Å². The van der Waals surface area contributed by atoms with Crippen molar-refractivity contribution in [3.05, 3.63) is 65.9 Å². The maximum atomic E-state index is 13.3. The summed E-state index contributed by atoms with van der Waals surface area (Å²) in [6.07, 6.45) is 2.70. The van der Waals surface area contributed by atoms with Crippen LogP contribution in [-0.2, 0) is 17.6 Å². The Hall–Kier alpha value is -4.14. The molecular weight excluding hydrogens is 406 g/mol. The molecule has 0 radical (unpaired) electrons. The molecule has 1 amide bonds. The van der Waals surface area contributed by atoms with Gasteiger partial charge >= 0.3 is 0 Å². The lowest BCUT2D eigenvalue weighted by Gasteiger charge is -2.35. The number of nitrogens with one attached hydrogen (secondary N) is 2. The van der Waals surface area contributed by atoms with Gasteiger partial charge in [-0.3, -0.25) is 9.89 Å². The molecule has 0 spiro atoms. The van der Waals surface area contributed by atoms with Crippen molar-refractivity contribution < 1.29 is 9.53 Å². The lowest BCUT2D eigenvalue weighted by molar-refractivity contribution is -0.118. The molecule has 0 saturated carbocycles. The van der Waals surface area contributed by atoms with E-state index < -0.39 is 0 Å². The van der Waals surface area contributed by atoms with Gasteiger partial charge < -0.3 is 20.7 Å². The molecule has 1 aliphatic rings. The van der Waals surface area contributed by atoms with Gasteiger partial charge in [-0.1, -0.05) is 30.3 Å². The smallest absolute Gasteiger partial charge is 0.231 e. The number of aromatic nitrogens is 4. The Labute approximate surface area is 184 Å². The van der Waals surface area contributed by atoms with Gasteiger partial charge in [-0.15, -0.1) is 0 Å². The fraction of sp³-hybridized carbons (Fsp3) is 0.217. The Bertz CT molecular complexity index is 1290. The number of hydrogen-bond acceptors (Lipinski definition) is 7. The van der Waals surface area contributed by atoms with Crippen LogP contribution >= 0.6 is 0 Å². The van der Waals surface area contributed by atoms with Crippen LogP contribution in [0.15, 0.2) is 54.7 Å². The Morgan fingerprint density at radius 3 is 3.00 bits per heavy atom. The maximum absolute atomic E-state index is 13.3. The van der Waals surface area contributed by atoms with Gasteiger partial charge in [-0.05, 0) is 35.7 Å². The van der Waals surface area contributed by atoms with Crippen molar-refractivity contribution in [2.75, 3.05) is 29.6 Å². The van der Waals surface area contributed by atoms with Crippen LogP contribution in [0.1, 0.15) is 11.1 Å². The van der Waals surface area contributed by atoms with E-state index in [9.17, 15) is 4.79 Å². The number of amides is 1. The number of nitrogens with zero attached hydrogens (tertiary/aromatic N) is 4. The second-order valence-corrected chi connectivity index (χ2v) is 7.77. The zero-order valence-corrected chi connectivity index (χ0v) is 17.6. The van der Waals surface area contributed by atoms with Crippen molar-refractivity contribution in [1.82, 2.24) is 20.2 Å². The number of benzene rings is 2. The van der Waals surface area contributed by atoms with E-state index in [1.807, 2.05) is 47.4 Å². The van der Waals surface area contributed by atoms with Crippen LogP contribution in [0.4, 0.5) is 17.5 Å². The van der Waals surface area contributed by atoms with Crippen LogP contribution in [0.5, 0.6) is 5.75 Å². The second kappa shape index (κ2) is 8.18. The van der Waals surface area contributed by atoms with E-state index in [2.05, 4.69) is 31.5 Å². The fourth-order valence-corrected chi connectivity index (χ4v) is 4.14. The second-order valence-electron chi connectivity index (χ2n) is 7.77. The van der Waals surface area contributed by atoms with E-state index in [1.165, 1.54) is 0 Å². The molecule has 2 aromatic carbocycles. The molecule has 1 aliphatic heterocycles. The highest BCUT2D eigenvalue weighted by molar-refractivity contribution is 5.96. The molecule has 0 fully saturated rings. The molecule has 0 bridgehead atoms. The first kappa shape index (κ1) is 19.8. The molecule has 162 valence electrons. The third-order valence-electron chi connectivity index (χ3n) is 5.61. The quantitative estimate of drug-likeness (QED) is 0.446. The third-order valence-corrected chi connectivity index (χ3v) is 5.61. The number of nitrogens with two attached hydrogens (primary N) is 1. The van der Waals surface area contributed by atoms with Gasteiger partial charge in [0.05, 0.1) is 25.1 Å². The largest absolute Gasteiger partial charge is 0.497 e. The third kappa shape index (κ3) is 3.80. The van der Waals surface area contributed by atoms with Crippen molar-refractivity contribution in [2.45, 2.75) is 18.9 Å². The Balaban J connectivity index is 1.42. The van der Waals surface area contributed by atoms with E-state index in [1.54, 1.807) is 13.3 Å². The number of rotatable bonds is 5. The summed E-state index contributed by atoms with van der Waals surface area (Å²) in [4.78, 5) is 23.7. The highest BCUT2D eigenvalue weighted by Gasteiger charge is 2.29. The molecule has 1 unspecified atom stereocenters.